The van der Waals surface area contributed by atoms with Gasteiger partial charge in [-0.05, 0) is 58.2 Å². The van der Waals surface area contributed by atoms with Gasteiger partial charge in [-0.1, -0.05) is 0 Å². The summed E-state index contributed by atoms with van der Waals surface area (Å²) in [5.74, 6) is 0.962. The van der Waals surface area contributed by atoms with Crippen molar-refractivity contribution in [3.8, 4) is 0 Å². The number of carbonyl (C=O) groups excluding carboxylic acids is 1. The normalized spacial score (nSPS) is 32.5. The highest BCUT2D eigenvalue weighted by Crippen LogP contribution is 2.33. The molecule has 0 radical (unpaired) electrons. The predicted molar refractivity (Wildman–Crippen MR) is 86.6 cm³/mol. The van der Waals surface area contributed by atoms with E-state index in [0.29, 0.717) is 11.8 Å². The van der Waals surface area contributed by atoms with E-state index in [4.69, 9.17) is 0 Å². The number of nitrogens with zero attached hydrogens (tertiary/aromatic N) is 3. The fraction of sp³-hybridized carbons (Fsp3) is 0.941. The maximum Gasteiger partial charge on any atom is 0.222 e. The molecule has 2 atom stereocenters. The van der Waals surface area contributed by atoms with Gasteiger partial charge in [-0.3, -0.25) is 9.69 Å². The molecule has 22 heavy (non-hydrogen) atoms. The van der Waals surface area contributed by atoms with Crippen LogP contribution < -0.4 is 0 Å². The van der Waals surface area contributed by atoms with E-state index < -0.39 is 0 Å². The maximum atomic E-state index is 12.3. The van der Waals surface area contributed by atoms with E-state index in [1.807, 2.05) is 4.90 Å². The topological polar surface area (TPSA) is 47.0 Å². The molecule has 1 amide bonds. The first-order chi connectivity index (χ1) is 10.6. The lowest BCUT2D eigenvalue weighted by atomic mass is 10.0. The largest absolute Gasteiger partial charge is 0.391 e. The number of rotatable bonds is 3. The molecule has 1 aliphatic carbocycles. The fourth-order valence-corrected chi connectivity index (χ4v) is 3.84. The Kier molecular flexibility index (Phi) is 5.37. The van der Waals surface area contributed by atoms with Gasteiger partial charge in [0, 0.05) is 38.6 Å². The average molecular weight is 309 g/mol. The molecule has 2 heterocycles. The lowest BCUT2D eigenvalue weighted by molar-refractivity contribution is -0.131. The Balaban J connectivity index is 1.55. The molecule has 2 aliphatic heterocycles. The van der Waals surface area contributed by atoms with Crippen LogP contribution >= 0.6 is 0 Å². The summed E-state index contributed by atoms with van der Waals surface area (Å²) in [4.78, 5) is 19.1. The minimum atomic E-state index is -0.290. The Labute approximate surface area is 134 Å². The Morgan fingerprint density at radius 2 is 1.77 bits per heavy atom. The van der Waals surface area contributed by atoms with Gasteiger partial charge in [0.25, 0.3) is 0 Å². The summed E-state index contributed by atoms with van der Waals surface area (Å²) in [6.45, 7) is 5.88. The third-order valence-corrected chi connectivity index (χ3v) is 5.57. The van der Waals surface area contributed by atoms with Gasteiger partial charge in [0.05, 0.1) is 6.10 Å². The summed E-state index contributed by atoms with van der Waals surface area (Å²) in [6, 6.07) is 0.227. The predicted octanol–water partition coefficient (Wildman–Crippen LogP) is 0.776. The van der Waals surface area contributed by atoms with Crippen LogP contribution in [0.5, 0.6) is 0 Å². The maximum absolute atomic E-state index is 12.3. The van der Waals surface area contributed by atoms with Crippen molar-refractivity contribution < 1.29 is 9.90 Å². The van der Waals surface area contributed by atoms with E-state index in [1.54, 1.807) is 0 Å². The third kappa shape index (κ3) is 4.21. The first-order valence-electron chi connectivity index (χ1n) is 9.02. The molecule has 3 fully saturated rings. The quantitative estimate of drug-likeness (QED) is 0.837. The number of carbonyl (C=O) groups is 1. The van der Waals surface area contributed by atoms with E-state index in [1.165, 1.54) is 19.3 Å². The molecule has 0 bridgehead atoms. The molecule has 0 spiro atoms. The molecule has 1 saturated carbocycles. The van der Waals surface area contributed by atoms with Crippen molar-refractivity contribution in [3.63, 3.8) is 0 Å². The van der Waals surface area contributed by atoms with Gasteiger partial charge in [-0.25, -0.2) is 0 Å². The third-order valence-electron chi connectivity index (χ3n) is 5.57. The molecular weight excluding hydrogens is 278 g/mol. The molecule has 5 heteroatoms. The zero-order valence-electron chi connectivity index (χ0n) is 13.9. The summed E-state index contributed by atoms with van der Waals surface area (Å²) in [6.07, 6.45) is 5.72. The van der Waals surface area contributed by atoms with Crippen molar-refractivity contribution in [2.75, 3.05) is 46.3 Å². The van der Waals surface area contributed by atoms with Crippen LogP contribution in [-0.4, -0.2) is 84.2 Å². The van der Waals surface area contributed by atoms with E-state index in [0.717, 1.165) is 58.5 Å². The second-order valence-corrected chi connectivity index (χ2v) is 7.43. The number of likely N-dealkylation sites (tertiary alicyclic amines) is 1. The molecule has 5 nitrogen and oxygen atoms in total. The second-order valence-electron chi connectivity index (χ2n) is 7.43. The Morgan fingerprint density at radius 1 is 1.00 bits per heavy atom. The van der Waals surface area contributed by atoms with Crippen molar-refractivity contribution in [1.82, 2.24) is 14.7 Å². The first-order valence-corrected chi connectivity index (χ1v) is 9.02. The van der Waals surface area contributed by atoms with E-state index in [9.17, 15) is 9.90 Å². The molecule has 1 N–H and O–H groups in total. The summed E-state index contributed by atoms with van der Waals surface area (Å²) in [7, 11) is 2.17. The van der Waals surface area contributed by atoms with Gasteiger partial charge < -0.3 is 14.9 Å². The lowest BCUT2D eigenvalue weighted by Crippen LogP contribution is -2.45. The van der Waals surface area contributed by atoms with Crippen LogP contribution in [0.25, 0.3) is 0 Å². The number of hydrogen-bond donors (Lipinski definition) is 1. The highest BCUT2D eigenvalue weighted by molar-refractivity contribution is 5.76. The van der Waals surface area contributed by atoms with Crippen molar-refractivity contribution >= 4 is 5.91 Å². The molecule has 0 unspecified atom stereocenters. The number of likely N-dealkylation sites (N-methyl/N-ethyl adjacent to an activating group) is 1. The van der Waals surface area contributed by atoms with Crippen LogP contribution in [0.2, 0.25) is 0 Å². The molecule has 3 aliphatic rings. The SMILES string of the molecule is CN1CCCN([C@H]2CCN(C(=O)CC3CC3)CC[C@@H]2O)CC1. The Hall–Kier alpha value is -0.650. The summed E-state index contributed by atoms with van der Waals surface area (Å²) < 4.78 is 0. The summed E-state index contributed by atoms with van der Waals surface area (Å²) in [5.41, 5.74) is 0. The number of amides is 1. The van der Waals surface area contributed by atoms with Gasteiger partial charge >= 0.3 is 0 Å². The van der Waals surface area contributed by atoms with E-state index >= 15 is 0 Å². The number of hydrogen-bond acceptors (Lipinski definition) is 4. The summed E-state index contributed by atoms with van der Waals surface area (Å²) >= 11 is 0. The average Bonchev–Trinajstić information content (AvgIpc) is 3.31. The van der Waals surface area contributed by atoms with E-state index in [-0.39, 0.29) is 12.1 Å². The molecule has 0 aromatic heterocycles. The molecule has 0 aromatic rings. The van der Waals surface area contributed by atoms with Gasteiger partial charge in [-0.2, -0.15) is 0 Å². The second kappa shape index (κ2) is 7.28. The van der Waals surface area contributed by atoms with Gasteiger partial charge in [0.15, 0.2) is 0 Å². The summed E-state index contributed by atoms with van der Waals surface area (Å²) in [5, 5.41) is 10.6. The van der Waals surface area contributed by atoms with Crippen LogP contribution in [0.1, 0.15) is 38.5 Å². The minimum Gasteiger partial charge on any atom is -0.391 e. The molecule has 126 valence electrons. The minimum absolute atomic E-state index is 0.227. The number of aliphatic hydroxyl groups excluding tert-OH is 1. The highest BCUT2D eigenvalue weighted by Gasteiger charge is 2.33. The molecule has 3 rings (SSSR count). The smallest absolute Gasteiger partial charge is 0.222 e. The first kappa shape index (κ1) is 16.2. The highest BCUT2D eigenvalue weighted by atomic mass is 16.3. The van der Waals surface area contributed by atoms with Crippen molar-refractivity contribution in [2.45, 2.75) is 50.7 Å². The van der Waals surface area contributed by atoms with Gasteiger partial charge in [-0.15, -0.1) is 0 Å². The Morgan fingerprint density at radius 3 is 2.55 bits per heavy atom. The Bertz CT molecular complexity index is 386. The monoisotopic (exact) mass is 309 g/mol. The van der Waals surface area contributed by atoms with Crippen LogP contribution in [0, 0.1) is 5.92 Å². The van der Waals surface area contributed by atoms with Crippen LogP contribution in [0.3, 0.4) is 0 Å². The van der Waals surface area contributed by atoms with Gasteiger partial charge in [0.1, 0.15) is 0 Å². The van der Waals surface area contributed by atoms with Crippen molar-refractivity contribution in [3.05, 3.63) is 0 Å². The van der Waals surface area contributed by atoms with Crippen molar-refractivity contribution in [2.24, 2.45) is 5.92 Å². The molecule has 0 aromatic carbocycles. The fourth-order valence-electron chi connectivity index (χ4n) is 3.84. The lowest BCUT2D eigenvalue weighted by Gasteiger charge is -2.32. The zero-order valence-corrected chi connectivity index (χ0v) is 13.9. The van der Waals surface area contributed by atoms with Crippen LogP contribution in [0.15, 0.2) is 0 Å². The zero-order chi connectivity index (χ0) is 15.5. The van der Waals surface area contributed by atoms with Crippen LogP contribution in [0.4, 0.5) is 0 Å². The van der Waals surface area contributed by atoms with Crippen molar-refractivity contribution in [1.29, 1.82) is 0 Å². The van der Waals surface area contributed by atoms with E-state index in [2.05, 4.69) is 16.8 Å². The number of aliphatic hydroxyl groups is 1. The van der Waals surface area contributed by atoms with Crippen LogP contribution in [-0.2, 0) is 4.79 Å². The van der Waals surface area contributed by atoms with Gasteiger partial charge in [0.2, 0.25) is 5.91 Å². The standard InChI is InChI=1S/C17H31N3O2/c1-18-7-2-8-19(12-11-18)15-5-9-20(10-6-16(15)21)17(22)13-14-3-4-14/h14-16,21H,2-13H2,1H3/t15-,16-/m0/s1. The molecule has 2 saturated heterocycles. The molecular formula is C17H31N3O2.